The summed E-state index contributed by atoms with van der Waals surface area (Å²) in [5.74, 6) is -0.344. The van der Waals surface area contributed by atoms with Crippen LogP contribution in [0.5, 0.6) is 0 Å². The van der Waals surface area contributed by atoms with Gasteiger partial charge >= 0.3 is 5.97 Å². The molecule has 0 saturated heterocycles. The van der Waals surface area contributed by atoms with E-state index in [2.05, 4.69) is 17.4 Å². The van der Waals surface area contributed by atoms with Crippen LogP contribution in [-0.4, -0.2) is 13.1 Å². The van der Waals surface area contributed by atoms with E-state index in [0.29, 0.717) is 10.5 Å². The Balaban J connectivity index is 3.16. The second-order valence-electron chi connectivity index (χ2n) is 2.46. The number of methoxy groups -OCH3 is 1. The molecule has 0 aliphatic rings. The fourth-order valence-corrected chi connectivity index (χ4v) is 1.17. The molecule has 2 nitrogen and oxygen atoms in total. The number of hydrogen-bond donors (Lipinski definition) is 1. The maximum atomic E-state index is 11.1. The van der Waals surface area contributed by atoms with Gasteiger partial charge < -0.3 is 4.74 Å². The predicted molar refractivity (Wildman–Crippen MR) is 49.8 cm³/mol. The van der Waals surface area contributed by atoms with Crippen molar-refractivity contribution >= 4 is 18.6 Å². The molecule has 0 bridgehead atoms. The van der Waals surface area contributed by atoms with Crippen LogP contribution in [0.2, 0.25) is 0 Å². The number of benzene rings is 1. The summed E-state index contributed by atoms with van der Waals surface area (Å²) in [5, 5.41) is 0. The summed E-state index contributed by atoms with van der Waals surface area (Å²) in [4.78, 5) is 11.8. The summed E-state index contributed by atoms with van der Waals surface area (Å²) in [6, 6.07) is 5.40. The first-order chi connectivity index (χ1) is 5.66. The van der Waals surface area contributed by atoms with Crippen LogP contribution in [0.4, 0.5) is 0 Å². The summed E-state index contributed by atoms with van der Waals surface area (Å²) in [6.07, 6.45) is 0. The maximum absolute atomic E-state index is 11.1. The molecule has 0 atom stereocenters. The van der Waals surface area contributed by atoms with Crippen LogP contribution in [0.3, 0.4) is 0 Å². The highest BCUT2D eigenvalue weighted by molar-refractivity contribution is 7.80. The lowest BCUT2D eigenvalue weighted by atomic mass is 10.1. The molecule has 0 fully saturated rings. The highest BCUT2D eigenvalue weighted by atomic mass is 32.1. The minimum absolute atomic E-state index is 0.344. The van der Waals surface area contributed by atoms with Gasteiger partial charge in [0.25, 0.3) is 0 Å². The van der Waals surface area contributed by atoms with Crippen molar-refractivity contribution in [2.75, 3.05) is 7.11 Å². The van der Waals surface area contributed by atoms with Gasteiger partial charge in [-0.3, -0.25) is 0 Å². The molecule has 0 radical (unpaired) electrons. The van der Waals surface area contributed by atoms with Crippen molar-refractivity contribution in [2.45, 2.75) is 11.8 Å². The van der Waals surface area contributed by atoms with Crippen LogP contribution in [0, 0.1) is 6.92 Å². The number of thiol groups is 1. The van der Waals surface area contributed by atoms with Crippen LogP contribution in [0.25, 0.3) is 0 Å². The van der Waals surface area contributed by atoms with Gasteiger partial charge in [-0.15, -0.1) is 12.6 Å². The molecular weight excluding hydrogens is 172 g/mol. The molecule has 1 aromatic rings. The van der Waals surface area contributed by atoms with E-state index < -0.39 is 0 Å². The first kappa shape index (κ1) is 9.13. The number of carbonyl (C=O) groups is 1. The van der Waals surface area contributed by atoms with Gasteiger partial charge in [-0.25, -0.2) is 4.79 Å². The second-order valence-corrected chi connectivity index (χ2v) is 2.91. The van der Waals surface area contributed by atoms with E-state index in [4.69, 9.17) is 0 Å². The molecule has 1 rings (SSSR count). The lowest BCUT2D eigenvalue weighted by Gasteiger charge is -2.04. The third-order valence-electron chi connectivity index (χ3n) is 1.64. The monoisotopic (exact) mass is 182 g/mol. The number of carbonyl (C=O) groups excluding carboxylic acids is 1. The van der Waals surface area contributed by atoms with Crippen LogP contribution >= 0.6 is 12.6 Å². The summed E-state index contributed by atoms with van der Waals surface area (Å²) >= 11 is 4.20. The Bertz CT molecular complexity index is 307. The van der Waals surface area contributed by atoms with E-state index in [-0.39, 0.29) is 5.97 Å². The first-order valence-electron chi connectivity index (χ1n) is 3.53. The Morgan fingerprint density at radius 1 is 1.50 bits per heavy atom. The van der Waals surface area contributed by atoms with Gasteiger partial charge in [0, 0.05) is 4.90 Å². The van der Waals surface area contributed by atoms with Gasteiger partial charge in [-0.05, 0) is 18.6 Å². The fourth-order valence-electron chi connectivity index (χ4n) is 0.934. The van der Waals surface area contributed by atoms with E-state index in [1.165, 1.54) is 7.11 Å². The van der Waals surface area contributed by atoms with Crippen molar-refractivity contribution in [3.8, 4) is 0 Å². The minimum atomic E-state index is -0.344. The van der Waals surface area contributed by atoms with Crippen LogP contribution in [0.15, 0.2) is 23.1 Å². The second kappa shape index (κ2) is 3.63. The van der Waals surface area contributed by atoms with Gasteiger partial charge in [-0.1, -0.05) is 12.1 Å². The lowest BCUT2D eigenvalue weighted by molar-refractivity contribution is 0.0596. The maximum Gasteiger partial charge on any atom is 0.338 e. The predicted octanol–water partition coefficient (Wildman–Crippen LogP) is 2.07. The normalized spacial score (nSPS) is 9.58. The fraction of sp³-hybridized carbons (Fsp3) is 0.222. The number of esters is 1. The largest absolute Gasteiger partial charge is 0.465 e. The molecule has 64 valence electrons. The summed E-state index contributed by atoms with van der Waals surface area (Å²) in [7, 11) is 1.36. The van der Waals surface area contributed by atoms with E-state index in [1.807, 2.05) is 13.0 Å². The summed E-state index contributed by atoms with van der Waals surface area (Å²) in [5.41, 5.74) is 1.49. The highest BCUT2D eigenvalue weighted by Gasteiger charge is 2.09. The van der Waals surface area contributed by atoms with Crippen molar-refractivity contribution in [2.24, 2.45) is 0 Å². The Morgan fingerprint density at radius 2 is 2.17 bits per heavy atom. The topological polar surface area (TPSA) is 26.3 Å². The molecule has 3 heteroatoms. The molecule has 0 amide bonds. The Hall–Kier alpha value is -0.960. The highest BCUT2D eigenvalue weighted by Crippen LogP contribution is 2.18. The van der Waals surface area contributed by atoms with Crippen LogP contribution < -0.4 is 0 Å². The van der Waals surface area contributed by atoms with Gasteiger partial charge in [0.15, 0.2) is 0 Å². The number of rotatable bonds is 1. The molecule has 0 aromatic heterocycles. The van der Waals surface area contributed by atoms with Crippen molar-refractivity contribution < 1.29 is 9.53 Å². The number of ether oxygens (including phenoxy) is 1. The van der Waals surface area contributed by atoms with Gasteiger partial charge in [0.05, 0.1) is 12.7 Å². The lowest BCUT2D eigenvalue weighted by Crippen LogP contribution is -2.02. The molecule has 12 heavy (non-hydrogen) atoms. The Kier molecular flexibility index (Phi) is 2.76. The minimum Gasteiger partial charge on any atom is -0.465 e. The first-order valence-corrected chi connectivity index (χ1v) is 3.98. The van der Waals surface area contributed by atoms with Crippen molar-refractivity contribution in [1.82, 2.24) is 0 Å². The average molecular weight is 182 g/mol. The quantitative estimate of drug-likeness (QED) is 0.531. The van der Waals surface area contributed by atoms with Crippen LogP contribution in [0.1, 0.15) is 15.9 Å². The van der Waals surface area contributed by atoms with E-state index in [9.17, 15) is 4.79 Å². The summed E-state index contributed by atoms with van der Waals surface area (Å²) in [6.45, 7) is 1.90. The van der Waals surface area contributed by atoms with Crippen LogP contribution in [-0.2, 0) is 4.74 Å². The van der Waals surface area contributed by atoms with Crippen molar-refractivity contribution in [1.29, 1.82) is 0 Å². The molecule has 0 unspecified atom stereocenters. The molecule has 0 spiro atoms. The molecular formula is C9H10O2S. The molecule has 0 aliphatic carbocycles. The molecule has 0 N–H and O–H groups in total. The smallest absolute Gasteiger partial charge is 0.338 e. The Labute approximate surface area is 77.0 Å². The zero-order valence-corrected chi connectivity index (χ0v) is 7.89. The molecule has 0 heterocycles. The standard InChI is InChI=1S/C9H10O2S/c1-6-4-3-5-7(8(6)12)9(10)11-2/h3-5,12H,1-2H3. The van der Waals surface area contributed by atoms with Gasteiger partial charge in [0.1, 0.15) is 0 Å². The zero-order valence-electron chi connectivity index (χ0n) is 7.00. The third kappa shape index (κ3) is 1.61. The molecule has 0 saturated carbocycles. The number of hydrogen-bond acceptors (Lipinski definition) is 3. The SMILES string of the molecule is COC(=O)c1cccc(C)c1S. The van der Waals surface area contributed by atoms with Gasteiger partial charge in [0.2, 0.25) is 0 Å². The number of aryl methyl sites for hydroxylation is 1. The zero-order chi connectivity index (χ0) is 9.14. The Morgan fingerprint density at radius 3 is 2.75 bits per heavy atom. The molecule has 1 aromatic carbocycles. The molecule has 0 aliphatic heterocycles. The van der Waals surface area contributed by atoms with E-state index in [0.717, 1.165) is 5.56 Å². The summed E-state index contributed by atoms with van der Waals surface area (Å²) < 4.78 is 4.58. The van der Waals surface area contributed by atoms with E-state index >= 15 is 0 Å². The third-order valence-corrected chi connectivity index (χ3v) is 2.24. The average Bonchev–Trinajstić information content (AvgIpc) is 2.08. The van der Waals surface area contributed by atoms with E-state index in [1.54, 1.807) is 12.1 Å². The van der Waals surface area contributed by atoms with Crippen molar-refractivity contribution in [3.05, 3.63) is 29.3 Å². The van der Waals surface area contributed by atoms with Gasteiger partial charge in [-0.2, -0.15) is 0 Å². The van der Waals surface area contributed by atoms with Crippen molar-refractivity contribution in [3.63, 3.8) is 0 Å².